The van der Waals surface area contributed by atoms with Crippen LogP contribution in [0.2, 0.25) is 0 Å². The third kappa shape index (κ3) is 4.64. The minimum Gasteiger partial charge on any atom is -0.340 e. The number of hydrogen-bond acceptors (Lipinski definition) is 4. The predicted molar refractivity (Wildman–Crippen MR) is 103 cm³/mol. The zero-order chi connectivity index (χ0) is 17.8. The first kappa shape index (κ1) is 17.1. The van der Waals surface area contributed by atoms with E-state index in [0.717, 1.165) is 21.4 Å². The fraction of sp³-hybridized carbons (Fsp3) is 0.105. The number of carbonyl (C=O) groups excluding carboxylic acids is 1. The Morgan fingerprint density at radius 1 is 0.960 bits per heavy atom. The summed E-state index contributed by atoms with van der Waals surface area (Å²) in [5.74, 6) is 0.822. The van der Waals surface area contributed by atoms with Crippen molar-refractivity contribution in [1.29, 1.82) is 0 Å². The maximum absolute atomic E-state index is 12.5. The Morgan fingerprint density at radius 3 is 2.48 bits per heavy atom. The van der Waals surface area contributed by atoms with Gasteiger partial charge < -0.3 is 10.6 Å². The average Bonchev–Trinajstić information content (AvgIpc) is 2.54. The molecule has 5 nitrogen and oxygen atoms in total. The van der Waals surface area contributed by atoms with Gasteiger partial charge in [-0.05, 0) is 49.7 Å². The number of rotatable bonds is 4. The molecule has 0 spiro atoms. The minimum absolute atomic E-state index is 0.270. The van der Waals surface area contributed by atoms with E-state index in [2.05, 4.69) is 36.5 Å². The lowest BCUT2D eigenvalue weighted by Gasteiger charge is -2.10. The van der Waals surface area contributed by atoms with Crippen molar-refractivity contribution in [3.05, 3.63) is 76.2 Å². The third-order valence-electron chi connectivity index (χ3n) is 3.44. The Balaban J connectivity index is 1.82. The summed E-state index contributed by atoms with van der Waals surface area (Å²) >= 11 is 3.43. The van der Waals surface area contributed by atoms with E-state index >= 15 is 0 Å². The van der Waals surface area contributed by atoms with Gasteiger partial charge in [-0.1, -0.05) is 34.1 Å². The molecular weight excluding hydrogens is 380 g/mol. The predicted octanol–water partition coefficient (Wildman–Crippen LogP) is 4.85. The van der Waals surface area contributed by atoms with Crippen LogP contribution in [0, 0.1) is 13.8 Å². The number of nitrogens with zero attached hydrogens (tertiary/aromatic N) is 2. The number of carbonyl (C=O) groups is 1. The van der Waals surface area contributed by atoms with E-state index in [1.165, 1.54) is 0 Å². The molecule has 0 atom stereocenters. The molecule has 0 fully saturated rings. The van der Waals surface area contributed by atoms with Crippen molar-refractivity contribution in [1.82, 2.24) is 9.97 Å². The average molecular weight is 397 g/mol. The molecule has 0 saturated heterocycles. The third-order valence-corrected chi connectivity index (χ3v) is 3.94. The molecule has 0 aliphatic rings. The summed E-state index contributed by atoms with van der Waals surface area (Å²) in [5, 5.41) is 6.05. The number of aryl methyl sites for hydroxylation is 2. The van der Waals surface area contributed by atoms with Crippen molar-refractivity contribution in [2.24, 2.45) is 0 Å². The van der Waals surface area contributed by atoms with Gasteiger partial charge in [0.05, 0.1) is 0 Å². The molecule has 0 saturated carbocycles. The summed E-state index contributed by atoms with van der Waals surface area (Å²) < 4.78 is 0.959. The molecule has 0 radical (unpaired) electrons. The molecule has 126 valence electrons. The molecule has 0 aliphatic heterocycles. The molecule has 0 unspecified atom stereocenters. The molecular formula is C19H17BrN4O. The van der Waals surface area contributed by atoms with Crippen LogP contribution >= 0.6 is 15.9 Å². The van der Waals surface area contributed by atoms with Crippen LogP contribution in [0.25, 0.3) is 0 Å². The van der Waals surface area contributed by atoms with Gasteiger partial charge in [0.1, 0.15) is 17.3 Å². The van der Waals surface area contributed by atoms with Crippen LogP contribution in [0.3, 0.4) is 0 Å². The van der Waals surface area contributed by atoms with Gasteiger partial charge in [0, 0.05) is 21.9 Å². The lowest BCUT2D eigenvalue weighted by molar-refractivity contribution is 0.102. The smallest absolute Gasteiger partial charge is 0.274 e. The molecule has 3 aromatic rings. The largest absolute Gasteiger partial charge is 0.340 e. The van der Waals surface area contributed by atoms with Gasteiger partial charge in [-0.2, -0.15) is 0 Å². The molecule has 1 amide bonds. The first-order valence-electron chi connectivity index (χ1n) is 7.76. The highest BCUT2D eigenvalue weighted by Gasteiger charge is 2.11. The van der Waals surface area contributed by atoms with Gasteiger partial charge in [0.25, 0.3) is 5.91 Å². The van der Waals surface area contributed by atoms with E-state index in [4.69, 9.17) is 0 Å². The maximum atomic E-state index is 12.5. The maximum Gasteiger partial charge on any atom is 0.274 e. The van der Waals surface area contributed by atoms with Crippen molar-refractivity contribution in [2.75, 3.05) is 10.6 Å². The number of halogens is 1. The van der Waals surface area contributed by atoms with Crippen LogP contribution in [-0.4, -0.2) is 15.9 Å². The summed E-state index contributed by atoms with van der Waals surface area (Å²) in [6.45, 7) is 3.74. The quantitative estimate of drug-likeness (QED) is 0.661. The lowest BCUT2D eigenvalue weighted by atomic mass is 10.2. The van der Waals surface area contributed by atoms with Crippen LogP contribution in [0.4, 0.5) is 17.2 Å². The van der Waals surface area contributed by atoms with Gasteiger partial charge in [-0.3, -0.25) is 4.79 Å². The second-order valence-electron chi connectivity index (χ2n) is 5.64. The molecule has 2 aromatic carbocycles. The Hall–Kier alpha value is -2.73. The normalized spacial score (nSPS) is 10.4. The zero-order valence-corrected chi connectivity index (χ0v) is 15.5. The second kappa shape index (κ2) is 7.44. The molecule has 3 rings (SSSR count). The van der Waals surface area contributed by atoms with Crippen molar-refractivity contribution in [2.45, 2.75) is 13.8 Å². The Bertz CT molecular complexity index is 927. The molecule has 0 aliphatic carbocycles. The minimum atomic E-state index is -0.270. The van der Waals surface area contributed by atoms with Crippen LogP contribution < -0.4 is 10.6 Å². The summed E-state index contributed by atoms with van der Waals surface area (Å²) in [6, 6.07) is 17.0. The van der Waals surface area contributed by atoms with Gasteiger partial charge in [-0.15, -0.1) is 0 Å². The highest BCUT2D eigenvalue weighted by molar-refractivity contribution is 9.10. The first-order chi connectivity index (χ1) is 12.0. The summed E-state index contributed by atoms with van der Waals surface area (Å²) in [6.07, 6.45) is 0. The van der Waals surface area contributed by atoms with Crippen LogP contribution in [0.5, 0.6) is 0 Å². The van der Waals surface area contributed by atoms with Crippen molar-refractivity contribution < 1.29 is 4.79 Å². The van der Waals surface area contributed by atoms with Gasteiger partial charge in [0.15, 0.2) is 0 Å². The van der Waals surface area contributed by atoms with Crippen LogP contribution in [-0.2, 0) is 0 Å². The van der Waals surface area contributed by atoms with Gasteiger partial charge in [-0.25, -0.2) is 9.97 Å². The highest BCUT2D eigenvalue weighted by Crippen LogP contribution is 2.20. The van der Waals surface area contributed by atoms with Crippen molar-refractivity contribution >= 4 is 39.0 Å². The Labute approximate surface area is 154 Å². The highest BCUT2D eigenvalue weighted by atomic mass is 79.9. The molecule has 6 heteroatoms. The molecule has 0 bridgehead atoms. The zero-order valence-electron chi connectivity index (χ0n) is 13.9. The van der Waals surface area contributed by atoms with E-state index in [1.54, 1.807) is 13.0 Å². The van der Waals surface area contributed by atoms with Crippen LogP contribution in [0.1, 0.15) is 21.9 Å². The molecule has 1 aromatic heterocycles. The van der Waals surface area contributed by atoms with Gasteiger partial charge >= 0.3 is 0 Å². The topological polar surface area (TPSA) is 66.9 Å². The van der Waals surface area contributed by atoms with Crippen molar-refractivity contribution in [3.8, 4) is 0 Å². The van der Waals surface area contributed by atoms with E-state index < -0.39 is 0 Å². The van der Waals surface area contributed by atoms with E-state index in [1.807, 2.05) is 55.5 Å². The van der Waals surface area contributed by atoms with E-state index in [0.29, 0.717) is 17.3 Å². The number of hydrogen-bond donors (Lipinski definition) is 2. The Kier molecular flexibility index (Phi) is 5.09. The summed E-state index contributed by atoms with van der Waals surface area (Å²) in [7, 11) is 0. The number of amides is 1. The van der Waals surface area contributed by atoms with E-state index in [9.17, 15) is 4.79 Å². The number of nitrogens with one attached hydrogen (secondary N) is 2. The molecule has 1 heterocycles. The van der Waals surface area contributed by atoms with E-state index in [-0.39, 0.29) is 5.91 Å². The standard InChI is InChI=1S/C19H17BrN4O/c1-12-5-3-7-15(9-12)24-19(25)17-11-18(22-13(2)21-17)23-16-8-4-6-14(20)10-16/h3-11H,1-2H3,(H,24,25)(H,21,22,23). The van der Waals surface area contributed by atoms with Crippen molar-refractivity contribution in [3.63, 3.8) is 0 Å². The van der Waals surface area contributed by atoms with Crippen LogP contribution in [0.15, 0.2) is 59.1 Å². The number of aromatic nitrogens is 2. The first-order valence-corrected chi connectivity index (χ1v) is 8.55. The monoisotopic (exact) mass is 396 g/mol. The molecule has 2 N–H and O–H groups in total. The SMILES string of the molecule is Cc1cccc(NC(=O)c2cc(Nc3cccc(Br)c3)nc(C)n2)c1. The fourth-order valence-corrected chi connectivity index (χ4v) is 2.78. The van der Waals surface area contributed by atoms with Gasteiger partial charge in [0.2, 0.25) is 0 Å². The Morgan fingerprint density at radius 2 is 1.72 bits per heavy atom. The fourth-order valence-electron chi connectivity index (χ4n) is 2.38. The summed E-state index contributed by atoms with van der Waals surface area (Å²) in [5.41, 5.74) is 3.00. The number of benzene rings is 2. The molecule has 25 heavy (non-hydrogen) atoms. The second-order valence-corrected chi connectivity index (χ2v) is 6.56. The summed E-state index contributed by atoms with van der Waals surface area (Å²) in [4.78, 5) is 21.1. The lowest BCUT2D eigenvalue weighted by Crippen LogP contribution is -2.15. The number of anilines is 3.